The lowest BCUT2D eigenvalue weighted by molar-refractivity contribution is 0.265. The molecule has 0 N–H and O–H groups in total. The van der Waals surface area contributed by atoms with Crippen LogP contribution in [0.3, 0.4) is 0 Å². The maximum atomic E-state index is 11.3. The predicted molar refractivity (Wildman–Crippen MR) is 29.3 cm³/mol. The molecule has 0 fully saturated rings. The normalized spacial score (nSPS) is 10.5. The molecule has 0 saturated heterocycles. The quantitative estimate of drug-likeness (QED) is 0.500. The Morgan fingerprint density at radius 2 is 1.88 bits per heavy atom. The second kappa shape index (κ2) is 5.01. The second-order valence-electron chi connectivity index (χ2n) is 1.65. The van der Waals surface area contributed by atoms with Crippen molar-refractivity contribution in [3.05, 3.63) is 13.3 Å². The van der Waals surface area contributed by atoms with E-state index in [0.717, 1.165) is 12.8 Å². The van der Waals surface area contributed by atoms with Crippen molar-refractivity contribution in [1.82, 2.24) is 0 Å². The molecule has 0 spiro atoms. The molecule has 0 aliphatic rings. The van der Waals surface area contributed by atoms with Gasteiger partial charge in [-0.1, -0.05) is 19.8 Å². The van der Waals surface area contributed by atoms with E-state index in [1.807, 2.05) is 0 Å². The van der Waals surface area contributed by atoms with Gasteiger partial charge in [-0.25, -0.2) is 0 Å². The first-order valence-corrected chi connectivity index (χ1v) is 2.73. The molecule has 0 saturated carbocycles. The van der Waals surface area contributed by atoms with Gasteiger partial charge in [-0.2, -0.15) is 8.78 Å². The highest BCUT2D eigenvalue weighted by molar-refractivity contribution is 4.58. The first kappa shape index (κ1) is 7.86. The molecule has 48 valence electrons. The highest BCUT2D eigenvalue weighted by Crippen LogP contribution is 2.13. The zero-order chi connectivity index (χ0) is 6.41. The minimum atomic E-state index is -1.46. The first-order valence-electron chi connectivity index (χ1n) is 2.73. The lowest BCUT2D eigenvalue weighted by atomic mass is 10.2. The Morgan fingerprint density at radius 3 is 2.25 bits per heavy atom. The number of hydrogen-bond donors (Lipinski definition) is 0. The van der Waals surface area contributed by atoms with Crippen LogP contribution in [0.25, 0.3) is 0 Å². The molecule has 0 nitrogen and oxygen atoms in total. The van der Waals surface area contributed by atoms with Crippen LogP contribution in [0, 0.1) is 13.3 Å². The van der Waals surface area contributed by atoms with Gasteiger partial charge in [0.05, 0.1) is 0 Å². The van der Waals surface area contributed by atoms with Crippen LogP contribution in [0.2, 0.25) is 0 Å². The Bertz CT molecular complexity index is 43.8. The first-order chi connectivity index (χ1) is 3.77. The maximum absolute atomic E-state index is 11.3. The summed E-state index contributed by atoms with van der Waals surface area (Å²) in [6.07, 6.45) is 0.629. The van der Waals surface area contributed by atoms with Gasteiger partial charge in [0.15, 0.2) is 0 Å². The fourth-order valence-electron chi connectivity index (χ4n) is 0.435. The van der Waals surface area contributed by atoms with Crippen LogP contribution in [-0.4, -0.2) is 0 Å². The molecule has 2 heteroatoms. The van der Waals surface area contributed by atoms with E-state index in [9.17, 15) is 8.78 Å². The number of hydrogen-bond acceptors (Lipinski definition) is 0. The summed E-state index contributed by atoms with van der Waals surface area (Å²) >= 11 is 0. The highest BCUT2D eigenvalue weighted by atomic mass is 19.3. The zero-order valence-corrected chi connectivity index (χ0v) is 4.79. The Hall–Kier alpha value is -0.140. The van der Waals surface area contributed by atoms with Gasteiger partial charge in [0, 0.05) is 6.42 Å². The molecule has 0 aromatic rings. The van der Waals surface area contributed by atoms with Gasteiger partial charge in [-0.3, -0.25) is 0 Å². The summed E-state index contributed by atoms with van der Waals surface area (Å²) in [7, 11) is 0. The molecule has 0 heterocycles. The van der Waals surface area contributed by atoms with E-state index in [1.54, 1.807) is 0 Å². The van der Waals surface area contributed by atoms with Crippen molar-refractivity contribution in [2.45, 2.75) is 25.7 Å². The Kier molecular flexibility index (Phi) is 4.92. The van der Waals surface area contributed by atoms with Crippen LogP contribution < -0.4 is 0 Å². The lowest BCUT2D eigenvalue weighted by Crippen LogP contribution is -1.79. The van der Waals surface area contributed by atoms with Gasteiger partial charge < -0.3 is 0 Å². The van der Waals surface area contributed by atoms with Crippen LogP contribution in [-0.2, 0) is 0 Å². The summed E-state index contributed by atoms with van der Waals surface area (Å²) in [4.78, 5) is 0. The van der Waals surface area contributed by atoms with Gasteiger partial charge in [-0.15, -0.1) is 0 Å². The van der Waals surface area contributed by atoms with Crippen LogP contribution in [0.15, 0.2) is 0 Å². The number of halogens is 2. The molecule has 0 amide bonds. The van der Waals surface area contributed by atoms with Crippen LogP contribution >= 0.6 is 0 Å². The Morgan fingerprint density at radius 1 is 1.25 bits per heavy atom. The molecular weight excluding hydrogens is 110 g/mol. The molecule has 0 atom stereocenters. The van der Waals surface area contributed by atoms with Gasteiger partial charge in [0.25, 0.3) is 0 Å². The van der Waals surface area contributed by atoms with Crippen LogP contribution in [0.1, 0.15) is 25.7 Å². The SMILES string of the molecule is [CH2]CCCC[C](F)F. The predicted octanol–water partition coefficient (Wildman–Crippen LogP) is 2.81. The van der Waals surface area contributed by atoms with Gasteiger partial charge in [-0.05, 0) is 6.42 Å². The van der Waals surface area contributed by atoms with Crippen molar-refractivity contribution >= 4 is 0 Å². The van der Waals surface area contributed by atoms with Gasteiger partial charge >= 0.3 is 6.43 Å². The smallest absolute Gasteiger partial charge is 0.200 e. The van der Waals surface area contributed by atoms with Crippen LogP contribution in [0.4, 0.5) is 8.78 Å². The molecule has 0 rings (SSSR count). The third kappa shape index (κ3) is 5.86. The van der Waals surface area contributed by atoms with Crippen molar-refractivity contribution < 1.29 is 8.78 Å². The number of unbranched alkanes of at least 4 members (excludes halogenated alkanes) is 2. The molecule has 2 radical (unpaired) electrons. The molecule has 0 aliphatic carbocycles. The van der Waals surface area contributed by atoms with E-state index in [-0.39, 0.29) is 6.42 Å². The summed E-state index contributed by atoms with van der Waals surface area (Å²) in [6, 6.07) is 0. The third-order valence-corrected chi connectivity index (χ3v) is 0.866. The second-order valence-corrected chi connectivity index (χ2v) is 1.65. The monoisotopic (exact) mass is 120 g/mol. The standard InChI is InChI=1S/C6H10F2/c1-2-3-4-5-6(7)8/h1-5H2. The van der Waals surface area contributed by atoms with E-state index in [4.69, 9.17) is 0 Å². The van der Waals surface area contributed by atoms with E-state index in [1.165, 1.54) is 0 Å². The van der Waals surface area contributed by atoms with E-state index in [2.05, 4.69) is 6.92 Å². The maximum Gasteiger partial charge on any atom is 0.310 e. The molecule has 0 bridgehead atoms. The Labute approximate surface area is 48.9 Å². The molecule has 8 heavy (non-hydrogen) atoms. The largest absolute Gasteiger partial charge is 0.310 e. The van der Waals surface area contributed by atoms with Crippen molar-refractivity contribution in [2.75, 3.05) is 0 Å². The summed E-state index contributed by atoms with van der Waals surface area (Å²) in [6.45, 7) is 3.53. The molecular formula is C6H10F2. The fourth-order valence-corrected chi connectivity index (χ4v) is 0.435. The van der Waals surface area contributed by atoms with Crippen molar-refractivity contribution in [3.63, 3.8) is 0 Å². The minimum Gasteiger partial charge on any atom is -0.200 e. The topological polar surface area (TPSA) is 0 Å². The fraction of sp³-hybridized carbons (Fsp3) is 0.667. The molecule has 0 aliphatic heterocycles. The average Bonchev–Trinajstić information content (AvgIpc) is 1.66. The third-order valence-electron chi connectivity index (χ3n) is 0.866. The van der Waals surface area contributed by atoms with Crippen molar-refractivity contribution in [2.24, 2.45) is 0 Å². The summed E-state index contributed by atoms with van der Waals surface area (Å²) in [5.41, 5.74) is 0. The van der Waals surface area contributed by atoms with Crippen molar-refractivity contribution in [1.29, 1.82) is 0 Å². The summed E-state index contributed by atoms with van der Waals surface area (Å²) < 4.78 is 22.5. The van der Waals surface area contributed by atoms with Gasteiger partial charge in [0.2, 0.25) is 0 Å². The minimum absolute atomic E-state index is 0.0461. The van der Waals surface area contributed by atoms with Crippen molar-refractivity contribution in [3.8, 4) is 0 Å². The number of rotatable bonds is 4. The molecule has 0 aromatic carbocycles. The lowest BCUT2D eigenvalue weighted by Gasteiger charge is -1.92. The molecule has 0 unspecified atom stereocenters. The van der Waals surface area contributed by atoms with Gasteiger partial charge in [0.1, 0.15) is 0 Å². The zero-order valence-electron chi connectivity index (χ0n) is 4.79. The Balaban J connectivity index is 2.72. The summed E-state index contributed by atoms with van der Waals surface area (Å²) in [5.74, 6) is 0. The van der Waals surface area contributed by atoms with E-state index in [0.29, 0.717) is 6.42 Å². The average molecular weight is 120 g/mol. The van der Waals surface area contributed by atoms with Crippen LogP contribution in [0.5, 0.6) is 0 Å². The molecule has 0 aromatic heterocycles. The highest BCUT2D eigenvalue weighted by Gasteiger charge is 2.01. The van der Waals surface area contributed by atoms with E-state index >= 15 is 0 Å². The summed E-state index contributed by atoms with van der Waals surface area (Å²) in [5, 5.41) is 0. The van der Waals surface area contributed by atoms with E-state index < -0.39 is 6.43 Å².